The second kappa shape index (κ2) is 6.28. The predicted molar refractivity (Wildman–Crippen MR) is 86.3 cm³/mol. The standard InChI is InChI=1S/C15H12BrN3O3S/c16-12-2-4-14(5-3-12)23(20,21)19-9-13(10-19)22-15-6-1-11(7-17)8-18-15/h1-6,8,13H,9-10H2. The lowest BCUT2D eigenvalue weighted by Crippen LogP contribution is -2.56. The Labute approximate surface area is 142 Å². The van der Waals surface area contributed by atoms with Crippen LogP contribution in [0.5, 0.6) is 5.88 Å². The van der Waals surface area contributed by atoms with Gasteiger partial charge in [-0.3, -0.25) is 0 Å². The van der Waals surface area contributed by atoms with E-state index in [4.69, 9.17) is 10.00 Å². The smallest absolute Gasteiger partial charge is 0.243 e. The van der Waals surface area contributed by atoms with E-state index in [0.29, 0.717) is 11.4 Å². The maximum absolute atomic E-state index is 12.4. The summed E-state index contributed by atoms with van der Waals surface area (Å²) in [5.74, 6) is 0.384. The lowest BCUT2D eigenvalue weighted by atomic mass is 10.2. The van der Waals surface area contributed by atoms with Crippen LogP contribution in [0, 0.1) is 11.3 Å². The Hall–Kier alpha value is -1.95. The van der Waals surface area contributed by atoms with Crippen LogP contribution in [-0.2, 0) is 10.0 Å². The molecule has 0 unspecified atom stereocenters. The molecule has 6 nitrogen and oxygen atoms in total. The second-order valence-corrected chi connectivity index (χ2v) is 7.87. The molecule has 0 aliphatic carbocycles. The number of rotatable bonds is 4. The summed E-state index contributed by atoms with van der Waals surface area (Å²) in [5.41, 5.74) is 0.449. The number of halogens is 1. The average Bonchev–Trinajstić information content (AvgIpc) is 2.51. The van der Waals surface area contributed by atoms with Crippen LogP contribution in [0.4, 0.5) is 0 Å². The van der Waals surface area contributed by atoms with Gasteiger partial charge in [0, 0.05) is 16.7 Å². The van der Waals surface area contributed by atoms with Crippen LogP contribution < -0.4 is 4.74 Å². The highest BCUT2D eigenvalue weighted by molar-refractivity contribution is 9.10. The van der Waals surface area contributed by atoms with Gasteiger partial charge in [0.1, 0.15) is 12.2 Å². The fourth-order valence-electron chi connectivity index (χ4n) is 2.11. The molecule has 23 heavy (non-hydrogen) atoms. The van der Waals surface area contributed by atoms with Crippen LogP contribution in [-0.4, -0.2) is 36.9 Å². The van der Waals surface area contributed by atoms with Crippen LogP contribution in [0.25, 0.3) is 0 Å². The molecule has 0 radical (unpaired) electrons. The lowest BCUT2D eigenvalue weighted by molar-refractivity contribution is 0.0721. The van der Waals surface area contributed by atoms with Crippen molar-refractivity contribution >= 4 is 26.0 Å². The minimum Gasteiger partial charge on any atom is -0.472 e. The zero-order valence-corrected chi connectivity index (χ0v) is 14.3. The third kappa shape index (κ3) is 3.37. The molecular weight excluding hydrogens is 382 g/mol. The number of aromatic nitrogens is 1. The van der Waals surface area contributed by atoms with Gasteiger partial charge in [0.15, 0.2) is 0 Å². The van der Waals surface area contributed by atoms with E-state index >= 15 is 0 Å². The van der Waals surface area contributed by atoms with Crippen molar-refractivity contribution in [1.29, 1.82) is 5.26 Å². The Morgan fingerprint density at radius 2 is 1.91 bits per heavy atom. The van der Waals surface area contributed by atoms with Gasteiger partial charge in [-0.2, -0.15) is 9.57 Å². The molecule has 0 N–H and O–H groups in total. The summed E-state index contributed by atoms with van der Waals surface area (Å²) in [5, 5.41) is 8.71. The molecule has 0 bridgehead atoms. The first-order chi connectivity index (χ1) is 11.0. The number of pyridine rings is 1. The first-order valence-electron chi connectivity index (χ1n) is 6.77. The SMILES string of the molecule is N#Cc1ccc(OC2CN(S(=O)(=O)c3ccc(Br)cc3)C2)nc1. The summed E-state index contributed by atoms with van der Waals surface area (Å²) in [4.78, 5) is 4.27. The van der Waals surface area contributed by atoms with E-state index in [-0.39, 0.29) is 24.1 Å². The van der Waals surface area contributed by atoms with Gasteiger partial charge in [0.25, 0.3) is 0 Å². The molecule has 1 aliphatic heterocycles. The highest BCUT2D eigenvalue weighted by Gasteiger charge is 2.38. The highest BCUT2D eigenvalue weighted by Crippen LogP contribution is 2.25. The normalized spacial score (nSPS) is 15.7. The zero-order valence-electron chi connectivity index (χ0n) is 11.9. The number of hydrogen-bond acceptors (Lipinski definition) is 5. The minimum absolute atomic E-state index is 0.236. The van der Waals surface area contributed by atoms with E-state index in [1.165, 1.54) is 10.5 Å². The summed E-state index contributed by atoms with van der Waals surface area (Å²) < 4.78 is 32.6. The molecule has 1 saturated heterocycles. The van der Waals surface area contributed by atoms with Crippen molar-refractivity contribution in [2.45, 2.75) is 11.0 Å². The number of hydrogen-bond donors (Lipinski definition) is 0. The molecule has 1 aliphatic rings. The molecule has 8 heteroatoms. The summed E-state index contributed by atoms with van der Waals surface area (Å²) in [7, 11) is -3.49. The van der Waals surface area contributed by atoms with Gasteiger partial charge in [-0.05, 0) is 30.3 Å². The predicted octanol–water partition coefficient (Wildman–Crippen LogP) is 2.17. The summed E-state index contributed by atoms with van der Waals surface area (Å²) >= 11 is 3.28. The molecule has 1 aromatic carbocycles. The molecular formula is C15H12BrN3O3S. The van der Waals surface area contributed by atoms with Gasteiger partial charge in [-0.25, -0.2) is 13.4 Å². The molecule has 118 valence electrons. The first-order valence-corrected chi connectivity index (χ1v) is 9.01. The molecule has 2 aromatic rings. The van der Waals surface area contributed by atoms with Crippen molar-refractivity contribution in [3.8, 4) is 11.9 Å². The van der Waals surface area contributed by atoms with Crippen molar-refractivity contribution < 1.29 is 13.2 Å². The number of ether oxygens (including phenoxy) is 1. The zero-order chi connectivity index (χ0) is 16.4. The summed E-state index contributed by atoms with van der Waals surface area (Å²) in [6.45, 7) is 0.556. The quantitative estimate of drug-likeness (QED) is 0.794. The summed E-state index contributed by atoms with van der Waals surface area (Å²) in [6, 6.07) is 11.7. The Bertz CT molecular complexity index is 839. The molecule has 0 spiro atoms. The Morgan fingerprint density at radius 1 is 1.22 bits per heavy atom. The molecule has 0 saturated carbocycles. The van der Waals surface area contributed by atoms with Gasteiger partial charge in [0.2, 0.25) is 15.9 Å². The lowest BCUT2D eigenvalue weighted by Gasteiger charge is -2.37. The highest BCUT2D eigenvalue weighted by atomic mass is 79.9. The maximum atomic E-state index is 12.4. The van der Waals surface area contributed by atoms with Crippen molar-refractivity contribution in [3.63, 3.8) is 0 Å². The van der Waals surface area contributed by atoms with Crippen molar-refractivity contribution in [2.75, 3.05) is 13.1 Å². The van der Waals surface area contributed by atoms with E-state index in [1.807, 2.05) is 6.07 Å². The maximum Gasteiger partial charge on any atom is 0.243 e. The molecule has 3 rings (SSSR count). The van der Waals surface area contributed by atoms with Crippen molar-refractivity contribution in [2.24, 2.45) is 0 Å². The average molecular weight is 394 g/mol. The number of nitrogens with zero attached hydrogens (tertiary/aromatic N) is 3. The fraction of sp³-hybridized carbons (Fsp3) is 0.200. The van der Waals surface area contributed by atoms with E-state index in [9.17, 15) is 8.42 Å². The van der Waals surface area contributed by atoms with Crippen LogP contribution in [0.15, 0.2) is 52.0 Å². The van der Waals surface area contributed by atoms with Gasteiger partial charge < -0.3 is 4.74 Å². The molecule has 2 heterocycles. The van der Waals surface area contributed by atoms with Crippen molar-refractivity contribution in [1.82, 2.24) is 9.29 Å². The van der Waals surface area contributed by atoms with E-state index in [0.717, 1.165) is 4.47 Å². The number of benzene rings is 1. The number of nitriles is 1. The largest absolute Gasteiger partial charge is 0.472 e. The Balaban J connectivity index is 1.61. The molecule has 0 atom stereocenters. The monoisotopic (exact) mass is 393 g/mol. The molecule has 0 amide bonds. The van der Waals surface area contributed by atoms with Gasteiger partial charge in [-0.15, -0.1) is 0 Å². The van der Waals surface area contributed by atoms with Crippen LogP contribution in [0.1, 0.15) is 5.56 Å². The number of sulfonamides is 1. The second-order valence-electron chi connectivity index (χ2n) is 5.01. The van der Waals surface area contributed by atoms with E-state index in [1.54, 1.807) is 36.4 Å². The molecule has 1 aromatic heterocycles. The Kier molecular flexibility index (Phi) is 4.35. The van der Waals surface area contributed by atoms with E-state index in [2.05, 4.69) is 20.9 Å². The van der Waals surface area contributed by atoms with E-state index < -0.39 is 10.0 Å². The minimum atomic E-state index is -3.49. The Morgan fingerprint density at radius 3 is 2.48 bits per heavy atom. The van der Waals surface area contributed by atoms with Crippen LogP contribution in [0.2, 0.25) is 0 Å². The van der Waals surface area contributed by atoms with Gasteiger partial charge >= 0.3 is 0 Å². The first kappa shape index (κ1) is 15.9. The van der Waals surface area contributed by atoms with Crippen molar-refractivity contribution in [3.05, 3.63) is 52.6 Å². The van der Waals surface area contributed by atoms with Gasteiger partial charge in [0.05, 0.1) is 23.5 Å². The molecule has 1 fully saturated rings. The topological polar surface area (TPSA) is 83.3 Å². The fourth-order valence-corrected chi connectivity index (χ4v) is 3.88. The third-order valence-electron chi connectivity index (χ3n) is 3.42. The summed E-state index contributed by atoms with van der Waals surface area (Å²) in [6.07, 6.45) is 1.19. The van der Waals surface area contributed by atoms with Gasteiger partial charge in [-0.1, -0.05) is 15.9 Å². The van der Waals surface area contributed by atoms with Crippen LogP contribution >= 0.6 is 15.9 Å². The third-order valence-corrected chi connectivity index (χ3v) is 5.79. The van der Waals surface area contributed by atoms with Crippen LogP contribution in [0.3, 0.4) is 0 Å².